The summed E-state index contributed by atoms with van der Waals surface area (Å²) in [7, 11) is 0. The highest BCUT2D eigenvalue weighted by Crippen LogP contribution is 2.56. The Morgan fingerprint density at radius 1 is 0.556 bits per heavy atom. The fourth-order valence-electron chi connectivity index (χ4n) is 6.09. The number of hydrogen-bond donors (Lipinski definition) is 1. The smallest absolute Gasteiger partial charge is 0.177 e. The van der Waals surface area contributed by atoms with Crippen molar-refractivity contribution in [1.29, 1.82) is 0 Å². The van der Waals surface area contributed by atoms with Crippen LogP contribution in [0.2, 0.25) is 0 Å². The molecule has 7 rings (SSSR count). The Kier molecular flexibility index (Phi) is 4.30. The molecule has 36 heavy (non-hydrogen) atoms. The Bertz CT molecular complexity index is 1560. The van der Waals surface area contributed by atoms with Crippen LogP contribution < -0.4 is 4.90 Å². The van der Waals surface area contributed by atoms with Crippen molar-refractivity contribution >= 4 is 17.1 Å². The first kappa shape index (κ1) is 21.0. The third-order valence-corrected chi connectivity index (χ3v) is 7.76. The summed E-state index contributed by atoms with van der Waals surface area (Å²) >= 11 is 0. The summed E-state index contributed by atoms with van der Waals surface area (Å²) in [5.41, 5.74) is 7.79. The van der Waals surface area contributed by atoms with Crippen LogP contribution in [-0.4, -0.2) is 15.1 Å². The Labute approximate surface area is 210 Å². The first-order valence-corrected chi connectivity index (χ1v) is 12.3. The van der Waals surface area contributed by atoms with Crippen LogP contribution in [0.1, 0.15) is 41.9 Å². The highest BCUT2D eigenvalue weighted by molar-refractivity contribution is 5.89. The molecule has 0 spiro atoms. The van der Waals surface area contributed by atoms with Crippen molar-refractivity contribution in [1.82, 2.24) is 9.97 Å². The number of aliphatic hydroxyl groups is 1. The first-order chi connectivity index (χ1) is 17.5. The molecule has 4 nitrogen and oxygen atoms in total. The molecule has 0 atom stereocenters. The molecular formula is C32H25N3O. The zero-order valence-electron chi connectivity index (χ0n) is 20.2. The maximum absolute atomic E-state index is 12.6. The van der Waals surface area contributed by atoms with Gasteiger partial charge in [0.25, 0.3) is 0 Å². The van der Waals surface area contributed by atoms with Crippen molar-refractivity contribution in [3.05, 3.63) is 138 Å². The first-order valence-electron chi connectivity index (χ1n) is 12.3. The number of aromatic nitrogens is 2. The number of pyridine rings is 2. The minimum Gasteiger partial charge on any atom is -0.373 e. The summed E-state index contributed by atoms with van der Waals surface area (Å²) in [4.78, 5) is 11.7. The fraction of sp³-hybridized carbons (Fsp3) is 0.125. The van der Waals surface area contributed by atoms with E-state index >= 15 is 0 Å². The monoisotopic (exact) mass is 467 g/mol. The average molecular weight is 468 g/mol. The lowest BCUT2D eigenvalue weighted by Gasteiger charge is -2.43. The second-order valence-electron chi connectivity index (χ2n) is 10.0. The molecule has 1 aliphatic carbocycles. The van der Waals surface area contributed by atoms with E-state index in [0.29, 0.717) is 11.4 Å². The lowest BCUT2D eigenvalue weighted by molar-refractivity contribution is 0.122. The van der Waals surface area contributed by atoms with Gasteiger partial charge in [-0.3, -0.25) is 9.97 Å². The molecule has 2 aliphatic rings. The van der Waals surface area contributed by atoms with E-state index in [1.165, 1.54) is 11.1 Å². The van der Waals surface area contributed by atoms with E-state index in [1.54, 1.807) is 12.4 Å². The van der Waals surface area contributed by atoms with Gasteiger partial charge in [-0.2, -0.15) is 0 Å². The van der Waals surface area contributed by atoms with Crippen molar-refractivity contribution in [2.75, 3.05) is 4.90 Å². The molecule has 0 bridgehead atoms. The van der Waals surface area contributed by atoms with E-state index in [0.717, 1.165) is 33.8 Å². The molecule has 5 aromatic rings. The number of anilines is 3. The third kappa shape index (κ3) is 2.62. The number of hydrogen-bond acceptors (Lipinski definition) is 4. The van der Waals surface area contributed by atoms with Gasteiger partial charge in [0.1, 0.15) is 0 Å². The van der Waals surface area contributed by atoms with Crippen molar-refractivity contribution in [2.45, 2.75) is 24.9 Å². The predicted molar refractivity (Wildman–Crippen MR) is 143 cm³/mol. The van der Waals surface area contributed by atoms with Crippen LogP contribution in [0.3, 0.4) is 0 Å². The minimum absolute atomic E-state index is 0.162. The van der Waals surface area contributed by atoms with Gasteiger partial charge in [0.05, 0.1) is 28.5 Å². The topological polar surface area (TPSA) is 49.2 Å². The molecule has 0 saturated heterocycles. The largest absolute Gasteiger partial charge is 0.373 e. The van der Waals surface area contributed by atoms with Crippen LogP contribution in [0.15, 0.2) is 109 Å². The number of fused-ring (bicyclic) bond motifs is 5. The molecule has 4 heteroatoms. The Balaban J connectivity index is 1.55. The molecule has 0 fully saturated rings. The summed E-state index contributed by atoms with van der Waals surface area (Å²) < 4.78 is 0. The summed E-state index contributed by atoms with van der Waals surface area (Å²) in [5, 5.41) is 12.6. The second-order valence-corrected chi connectivity index (χ2v) is 10.0. The quantitative estimate of drug-likeness (QED) is 0.308. The highest BCUT2D eigenvalue weighted by atomic mass is 16.3. The SMILES string of the molecule is CC1(C)c2ccccc2N(c2ccccc2C2(O)c3ncccc3-c3cccnc32)c2ccccc21. The van der Waals surface area contributed by atoms with Crippen molar-refractivity contribution < 1.29 is 5.11 Å². The minimum atomic E-state index is -1.49. The van der Waals surface area contributed by atoms with Crippen LogP contribution in [0.5, 0.6) is 0 Å². The van der Waals surface area contributed by atoms with E-state index < -0.39 is 5.60 Å². The van der Waals surface area contributed by atoms with Gasteiger partial charge in [-0.05, 0) is 41.5 Å². The molecular weight excluding hydrogens is 442 g/mol. The summed E-state index contributed by atoms with van der Waals surface area (Å²) in [6.45, 7) is 4.55. The van der Waals surface area contributed by atoms with Crippen molar-refractivity contribution in [2.24, 2.45) is 0 Å². The number of benzene rings is 3. The maximum Gasteiger partial charge on any atom is 0.177 e. The molecule has 174 valence electrons. The maximum atomic E-state index is 12.6. The Hall–Kier alpha value is -4.28. The van der Waals surface area contributed by atoms with Crippen molar-refractivity contribution in [3.8, 4) is 11.1 Å². The number of nitrogens with zero attached hydrogens (tertiary/aromatic N) is 3. The Morgan fingerprint density at radius 3 is 1.47 bits per heavy atom. The van der Waals surface area contributed by atoms with Gasteiger partial charge in [0.15, 0.2) is 5.60 Å². The normalized spacial score (nSPS) is 16.0. The molecule has 2 aromatic heterocycles. The van der Waals surface area contributed by atoms with Gasteiger partial charge in [0.2, 0.25) is 0 Å². The molecule has 1 aliphatic heterocycles. The summed E-state index contributed by atoms with van der Waals surface area (Å²) in [6.07, 6.45) is 3.48. The lowest BCUT2D eigenvalue weighted by atomic mass is 9.73. The van der Waals surface area contributed by atoms with E-state index in [2.05, 4.69) is 73.3 Å². The van der Waals surface area contributed by atoms with Gasteiger partial charge < -0.3 is 10.0 Å². The van der Waals surface area contributed by atoms with Gasteiger partial charge in [-0.15, -0.1) is 0 Å². The zero-order chi connectivity index (χ0) is 24.5. The lowest BCUT2D eigenvalue weighted by Crippen LogP contribution is -2.34. The molecule has 0 amide bonds. The van der Waals surface area contributed by atoms with Crippen LogP contribution >= 0.6 is 0 Å². The van der Waals surface area contributed by atoms with Crippen LogP contribution in [0, 0.1) is 0 Å². The molecule has 0 radical (unpaired) electrons. The van der Waals surface area contributed by atoms with E-state index in [9.17, 15) is 5.11 Å². The van der Waals surface area contributed by atoms with Crippen LogP contribution in [0.4, 0.5) is 17.1 Å². The standard InChI is InChI=1S/C32H25N3O/c1-31(2)23-13-3-6-16-26(23)35(27-17-7-4-14-24(27)31)28-18-8-5-15-25(28)32(36)29-21(11-9-19-33-29)22-12-10-20-34-30(22)32/h3-20,36H,1-2H3. The Morgan fingerprint density at radius 2 is 0.972 bits per heavy atom. The van der Waals surface area contributed by atoms with Gasteiger partial charge in [-0.25, -0.2) is 0 Å². The molecule has 3 aromatic carbocycles. The molecule has 0 unspecified atom stereocenters. The van der Waals surface area contributed by atoms with Crippen LogP contribution in [-0.2, 0) is 11.0 Å². The highest BCUT2D eigenvalue weighted by Gasteiger charge is 2.48. The molecule has 1 N–H and O–H groups in total. The fourth-order valence-corrected chi connectivity index (χ4v) is 6.09. The number of para-hydroxylation sites is 3. The van der Waals surface area contributed by atoms with Gasteiger partial charge in [0, 0.05) is 34.5 Å². The van der Waals surface area contributed by atoms with Crippen LogP contribution in [0.25, 0.3) is 11.1 Å². The van der Waals surface area contributed by atoms with E-state index in [1.807, 2.05) is 42.5 Å². The summed E-state index contributed by atoms with van der Waals surface area (Å²) in [6, 6.07) is 33.0. The van der Waals surface area contributed by atoms with Crippen molar-refractivity contribution in [3.63, 3.8) is 0 Å². The summed E-state index contributed by atoms with van der Waals surface area (Å²) in [5.74, 6) is 0. The number of rotatable bonds is 2. The second kappa shape index (κ2) is 7.36. The average Bonchev–Trinajstić information content (AvgIpc) is 3.19. The zero-order valence-corrected chi connectivity index (χ0v) is 20.2. The van der Waals surface area contributed by atoms with E-state index in [4.69, 9.17) is 9.97 Å². The third-order valence-electron chi connectivity index (χ3n) is 7.76. The molecule has 0 saturated carbocycles. The van der Waals surface area contributed by atoms with E-state index in [-0.39, 0.29) is 5.41 Å². The predicted octanol–water partition coefficient (Wildman–Crippen LogP) is 6.85. The van der Waals surface area contributed by atoms with Gasteiger partial charge >= 0.3 is 0 Å². The molecule has 3 heterocycles. The van der Waals surface area contributed by atoms with Gasteiger partial charge in [-0.1, -0.05) is 80.6 Å².